The minimum atomic E-state index is 0.0649. The third-order valence-corrected chi connectivity index (χ3v) is 10.1. The molecule has 45 heavy (non-hydrogen) atoms. The smallest absolute Gasteiger partial charge is 0.149 e. The van der Waals surface area contributed by atoms with Crippen molar-refractivity contribution in [3.63, 3.8) is 0 Å². The Balaban J connectivity index is 1.13. The van der Waals surface area contributed by atoms with Crippen molar-refractivity contribution in [2.75, 3.05) is 39.8 Å². The van der Waals surface area contributed by atoms with Crippen molar-refractivity contribution in [3.8, 4) is 16.9 Å². The largest absolute Gasteiger partial charge is 0.497 e. The van der Waals surface area contributed by atoms with Gasteiger partial charge in [0.25, 0.3) is 0 Å². The minimum absolute atomic E-state index is 0.0649. The van der Waals surface area contributed by atoms with E-state index in [1.807, 2.05) is 30.3 Å². The van der Waals surface area contributed by atoms with Gasteiger partial charge in [-0.2, -0.15) is 0 Å². The molecule has 238 valence electrons. The SMILES string of the molecule is COc1ccc(-c2cn(CCCCC(=O)C3CCCCN3)c3ccc(CN4CCN(Cc5c(Cl)cccc5Cl)CC4)cc23)cc1. The molecule has 0 amide bonds. The van der Waals surface area contributed by atoms with Crippen LogP contribution >= 0.6 is 23.2 Å². The average molecular weight is 648 g/mol. The molecule has 3 aromatic carbocycles. The molecule has 8 heteroatoms. The van der Waals surface area contributed by atoms with Gasteiger partial charge in [0.2, 0.25) is 0 Å². The van der Waals surface area contributed by atoms with E-state index < -0.39 is 0 Å². The number of aromatic nitrogens is 1. The van der Waals surface area contributed by atoms with Crippen LogP contribution in [0.25, 0.3) is 22.0 Å². The van der Waals surface area contributed by atoms with Crippen LogP contribution in [0.4, 0.5) is 0 Å². The maximum atomic E-state index is 12.7. The summed E-state index contributed by atoms with van der Waals surface area (Å²) in [6.45, 7) is 7.53. The minimum Gasteiger partial charge on any atom is -0.497 e. The number of piperidine rings is 1. The summed E-state index contributed by atoms with van der Waals surface area (Å²) in [5, 5.41) is 6.15. The van der Waals surface area contributed by atoms with Crippen LogP contribution in [0.1, 0.15) is 49.7 Å². The lowest BCUT2D eigenvalue weighted by Gasteiger charge is -2.35. The van der Waals surface area contributed by atoms with Gasteiger partial charge in [0.05, 0.1) is 13.2 Å². The number of piperazine rings is 1. The van der Waals surface area contributed by atoms with Crippen molar-refractivity contribution in [1.29, 1.82) is 0 Å². The molecule has 2 aliphatic heterocycles. The molecular formula is C37H44Cl2N4O2. The monoisotopic (exact) mass is 646 g/mol. The van der Waals surface area contributed by atoms with Gasteiger partial charge in [-0.15, -0.1) is 0 Å². The first-order chi connectivity index (χ1) is 22.0. The van der Waals surface area contributed by atoms with Gasteiger partial charge in [-0.3, -0.25) is 14.6 Å². The Bertz CT molecular complexity index is 1570. The standard InChI is InChI=1S/C37H44Cl2N4O2/c1-45-29-14-12-28(13-15-29)31-26-43(18-5-3-10-37(44)35-9-2-4-17-40-35)36-16-11-27(23-30(31)36)24-41-19-21-42(22-20-41)25-32-33(38)7-6-8-34(32)39/h6-8,11-16,23,26,35,40H,2-5,9-10,17-22,24-25H2,1H3. The fourth-order valence-electron chi connectivity index (χ4n) is 6.78. The summed E-state index contributed by atoms with van der Waals surface area (Å²) in [5.41, 5.74) is 6.00. The number of fused-ring (bicyclic) bond motifs is 1. The van der Waals surface area contributed by atoms with Crippen LogP contribution in [-0.2, 0) is 24.4 Å². The molecule has 0 saturated carbocycles. The van der Waals surface area contributed by atoms with E-state index in [4.69, 9.17) is 27.9 Å². The van der Waals surface area contributed by atoms with Crippen molar-refractivity contribution in [1.82, 2.24) is 19.7 Å². The summed E-state index contributed by atoms with van der Waals surface area (Å²) >= 11 is 12.9. The summed E-state index contributed by atoms with van der Waals surface area (Å²) in [6, 6.07) is 21.1. The lowest BCUT2D eigenvalue weighted by molar-refractivity contribution is -0.121. The number of carbonyl (C=O) groups excluding carboxylic acids is 1. The Morgan fingerprint density at radius 1 is 0.911 bits per heavy atom. The summed E-state index contributed by atoms with van der Waals surface area (Å²) < 4.78 is 7.80. The molecule has 2 aliphatic rings. The van der Waals surface area contributed by atoms with Gasteiger partial charge in [-0.05, 0) is 79.8 Å². The van der Waals surface area contributed by atoms with E-state index in [-0.39, 0.29) is 6.04 Å². The molecule has 0 bridgehead atoms. The predicted octanol–water partition coefficient (Wildman–Crippen LogP) is 7.82. The molecule has 0 radical (unpaired) electrons. The first-order valence-electron chi connectivity index (χ1n) is 16.4. The number of aryl methyl sites for hydroxylation is 1. The van der Waals surface area contributed by atoms with E-state index in [9.17, 15) is 4.79 Å². The van der Waals surface area contributed by atoms with Crippen molar-refractivity contribution < 1.29 is 9.53 Å². The number of Topliss-reactive ketones (excluding diaryl/α,β-unsaturated/α-hetero) is 1. The quantitative estimate of drug-likeness (QED) is 0.159. The number of nitrogens with one attached hydrogen (secondary N) is 1. The normalized spacial score (nSPS) is 18.0. The lowest BCUT2D eigenvalue weighted by Crippen LogP contribution is -2.45. The molecule has 0 spiro atoms. The molecule has 0 aliphatic carbocycles. The Morgan fingerprint density at radius 3 is 2.33 bits per heavy atom. The molecule has 2 fully saturated rings. The highest BCUT2D eigenvalue weighted by Gasteiger charge is 2.21. The highest BCUT2D eigenvalue weighted by molar-refractivity contribution is 6.35. The molecule has 4 aromatic rings. The molecule has 2 saturated heterocycles. The fraction of sp³-hybridized carbons (Fsp3) is 0.432. The molecule has 3 heterocycles. The van der Waals surface area contributed by atoms with Crippen LogP contribution in [0.5, 0.6) is 5.75 Å². The topological polar surface area (TPSA) is 49.7 Å². The second-order valence-corrected chi connectivity index (χ2v) is 13.3. The van der Waals surface area contributed by atoms with Crippen molar-refractivity contribution >= 4 is 39.9 Å². The third-order valence-electron chi connectivity index (χ3n) is 9.43. The van der Waals surface area contributed by atoms with Gasteiger partial charge in [0.15, 0.2) is 0 Å². The zero-order valence-electron chi connectivity index (χ0n) is 26.2. The maximum absolute atomic E-state index is 12.7. The Labute approximate surface area is 277 Å². The number of benzene rings is 3. The van der Waals surface area contributed by atoms with Crippen LogP contribution in [0.2, 0.25) is 10.0 Å². The van der Waals surface area contributed by atoms with Gasteiger partial charge in [-0.25, -0.2) is 0 Å². The van der Waals surface area contributed by atoms with E-state index in [1.54, 1.807) is 7.11 Å². The van der Waals surface area contributed by atoms with Crippen LogP contribution in [0.15, 0.2) is 66.9 Å². The number of hydrogen-bond acceptors (Lipinski definition) is 5. The van der Waals surface area contributed by atoms with Gasteiger partial charge in [0.1, 0.15) is 11.5 Å². The lowest BCUT2D eigenvalue weighted by atomic mass is 9.98. The number of hydrogen-bond donors (Lipinski definition) is 1. The van der Waals surface area contributed by atoms with E-state index in [0.717, 1.165) is 99.4 Å². The number of carbonyl (C=O) groups is 1. The maximum Gasteiger partial charge on any atom is 0.149 e. The van der Waals surface area contributed by atoms with Crippen molar-refractivity contribution in [3.05, 3.63) is 88.0 Å². The van der Waals surface area contributed by atoms with E-state index in [2.05, 4.69) is 56.2 Å². The molecular weight excluding hydrogens is 603 g/mol. The van der Waals surface area contributed by atoms with E-state index in [1.165, 1.54) is 34.0 Å². The Morgan fingerprint density at radius 2 is 1.64 bits per heavy atom. The second-order valence-electron chi connectivity index (χ2n) is 12.5. The van der Waals surface area contributed by atoms with Gasteiger partial charge in [0, 0.05) is 90.5 Å². The number of rotatable bonds is 12. The average Bonchev–Trinajstić information content (AvgIpc) is 3.43. The molecule has 1 atom stereocenters. The molecule has 1 aromatic heterocycles. The van der Waals surface area contributed by atoms with Crippen LogP contribution < -0.4 is 10.1 Å². The zero-order chi connectivity index (χ0) is 31.2. The number of unbranched alkanes of at least 4 members (excludes halogenated alkanes) is 1. The van der Waals surface area contributed by atoms with Crippen LogP contribution in [0.3, 0.4) is 0 Å². The Kier molecular flexibility index (Phi) is 10.8. The molecule has 6 rings (SSSR count). The number of halogens is 2. The van der Waals surface area contributed by atoms with E-state index >= 15 is 0 Å². The Hall–Kier alpha value is -2.87. The number of methoxy groups -OCH3 is 1. The number of nitrogens with zero attached hydrogens (tertiary/aromatic N) is 3. The fourth-order valence-corrected chi connectivity index (χ4v) is 7.30. The highest BCUT2D eigenvalue weighted by atomic mass is 35.5. The first-order valence-corrected chi connectivity index (χ1v) is 17.1. The van der Waals surface area contributed by atoms with Crippen molar-refractivity contribution in [2.45, 2.75) is 64.2 Å². The molecule has 6 nitrogen and oxygen atoms in total. The summed E-state index contributed by atoms with van der Waals surface area (Å²) in [6.07, 6.45) is 8.17. The first kappa shape index (κ1) is 32.1. The third kappa shape index (κ3) is 7.93. The highest BCUT2D eigenvalue weighted by Crippen LogP contribution is 2.33. The van der Waals surface area contributed by atoms with Gasteiger partial charge >= 0.3 is 0 Å². The summed E-state index contributed by atoms with van der Waals surface area (Å²) in [4.78, 5) is 17.7. The summed E-state index contributed by atoms with van der Waals surface area (Å²) in [7, 11) is 1.70. The van der Waals surface area contributed by atoms with Crippen molar-refractivity contribution in [2.24, 2.45) is 0 Å². The predicted molar refractivity (Wildman–Crippen MR) is 185 cm³/mol. The van der Waals surface area contributed by atoms with Crippen LogP contribution in [0, 0.1) is 0 Å². The molecule has 1 N–H and O–H groups in total. The van der Waals surface area contributed by atoms with Crippen LogP contribution in [-0.4, -0.2) is 66.0 Å². The number of ketones is 1. The number of ether oxygens (including phenoxy) is 1. The van der Waals surface area contributed by atoms with Gasteiger partial charge in [-0.1, -0.05) is 53.9 Å². The van der Waals surface area contributed by atoms with E-state index in [0.29, 0.717) is 12.2 Å². The molecule has 1 unspecified atom stereocenters. The second kappa shape index (κ2) is 15.1. The summed E-state index contributed by atoms with van der Waals surface area (Å²) in [5.74, 6) is 1.24. The van der Waals surface area contributed by atoms with Gasteiger partial charge < -0.3 is 14.6 Å². The zero-order valence-corrected chi connectivity index (χ0v) is 27.8.